The van der Waals surface area contributed by atoms with Gasteiger partial charge in [0.25, 0.3) is 0 Å². The highest BCUT2D eigenvalue weighted by atomic mass is 32.1. The smallest absolute Gasteiger partial charge is 0.228 e. The van der Waals surface area contributed by atoms with Crippen LogP contribution in [0.5, 0.6) is 0 Å². The van der Waals surface area contributed by atoms with E-state index in [4.69, 9.17) is 0 Å². The minimum Gasteiger partial charge on any atom is -0.342 e. The van der Waals surface area contributed by atoms with E-state index < -0.39 is 0 Å². The second kappa shape index (κ2) is 9.37. The molecule has 0 N–H and O–H groups in total. The number of carbonyl (C=O) groups excluding carboxylic acids is 2. The third-order valence-corrected chi connectivity index (χ3v) is 6.96. The average molecular weight is 425 g/mol. The van der Waals surface area contributed by atoms with Crippen LogP contribution in [0.4, 0.5) is 0 Å². The van der Waals surface area contributed by atoms with Crippen LogP contribution in [0.2, 0.25) is 0 Å². The molecule has 1 aromatic carbocycles. The lowest BCUT2D eigenvalue weighted by atomic mass is 10.1. The van der Waals surface area contributed by atoms with Gasteiger partial charge in [0.15, 0.2) is 0 Å². The van der Waals surface area contributed by atoms with E-state index in [1.807, 2.05) is 50.9 Å². The first-order valence-corrected chi connectivity index (χ1v) is 11.6. The van der Waals surface area contributed by atoms with Gasteiger partial charge in [0.1, 0.15) is 0 Å². The van der Waals surface area contributed by atoms with Crippen molar-refractivity contribution >= 4 is 34.5 Å². The maximum atomic E-state index is 13.3. The Balaban J connectivity index is 1.40. The lowest BCUT2D eigenvalue weighted by molar-refractivity contribution is -0.137. The van der Waals surface area contributed by atoms with E-state index in [2.05, 4.69) is 24.3 Å². The maximum absolute atomic E-state index is 13.3. The number of likely N-dealkylation sites (tertiary alicyclic amines) is 1. The van der Waals surface area contributed by atoms with Crippen molar-refractivity contribution in [3.63, 3.8) is 0 Å². The maximum Gasteiger partial charge on any atom is 0.228 e. The second-order valence-corrected chi connectivity index (χ2v) is 9.39. The van der Waals surface area contributed by atoms with Gasteiger partial charge in [-0.25, -0.2) is 0 Å². The summed E-state index contributed by atoms with van der Waals surface area (Å²) in [6.07, 6.45) is 1.14. The SMILES string of the molecule is O=C1CC(C(=O)N(Cc2cccs2)Cc2cccs2)CN1CCc1ccccc1. The Morgan fingerprint density at radius 2 is 1.62 bits per heavy atom. The van der Waals surface area contributed by atoms with Crippen LogP contribution in [0.15, 0.2) is 65.4 Å². The lowest BCUT2D eigenvalue weighted by Gasteiger charge is -2.25. The fraction of sp³-hybridized carbons (Fsp3) is 0.304. The van der Waals surface area contributed by atoms with Gasteiger partial charge in [0, 0.05) is 29.3 Å². The Morgan fingerprint density at radius 1 is 0.966 bits per heavy atom. The number of hydrogen-bond acceptors (Lipinski definition) is 4. The van der Waals surface area contributed by atoms with Crippen molar-refractivity contribution < 1.29 is 9.59 Å². The van der Waals surface area contributed by atoms with Crippen LogP contribution in [-0.2, 0) is 29.1 Å². The molecular formula is C23H24N2O2S2. The zero-order valence-corrected chi connectivity index (χ0v) is 17.8. The Hall–Kier alpha value is -2.44. The molecule has 1 saturated heterocycles. The average Bonchev–Trinajstić information content (AvgIpc) is 3.49. The molecule has 0 radical (unpaired) electrons. The number of benzene rings is 1. The fourth-order valence-electron chi connectivity index (χ4n) is 3.71. The third kappa shape index (κ3) is 5.14. The molecule has 6 heteroatoms. The molecule has 0 saturated carbocycles. The van der Waals surface area contributed by atoms with E-state index in [0.717, 1.165) is 6.42 Å². The molecule has 1 unspecified atom stereocenters. The summed E-state index contributed by atoms with van der Waals surface area (Å²) in [6, 6.07) is 18.3. The van der Waals surface area contributed by atoms with Crippen molar-refractivity contribution in [1.29, 1.82) is 0 Å². The molecule has 1 atom stereocenters. The highest BCUT2D eigenvalue weighted by Gasteiger charge is 2.36. The molecule has 0 bridgehead atoms. The first kappa shape index (κ1) is 19.9. The predicted molar refractivity (Wildman–Crippen MR) is 118 cm³/mol. The van der Waals surface area contributed by atoms with Crippen LogP contribution in [0.25, 0.3) is 0 Å². The highest BCUT2D eigenvalue weighted by Crippen LogP contribution is 2.24. The van der Waals surface area contributed by atoms with Crippen molar-refractivity contribution in [2.75, 3.05) is 13.1 Å². The molecule has 2 amide bonds. The molecule has 1 aliphatic rings. The van der Waals surface area contributed by atoms with Crippen LogP contribution in [0, 0.1) is 5.92 Å². The van der Waals surface area contributed by atoms with Gasteiger partial charge in [0.2, 0.25) is 11.8 Å². The largest absolute Gasteiger partial charge is 0.342 e. The Labute approximate surface area is 179 Å². The summed E-state index contributed by atoms with van der Waals surface area (Å²) in [6.45, 7) is 2.39. The molecule has 0 aliphatic carbocycles. The zero-order chi connectivity index (χ0) is 20.1. The van der Waals surface area contributed by atoms with Crippen LogP contribution in [0.3, 0.4) is 0 Å². The van der Waals surface area contributed by atoms with E-state index in [1.165, 1.54) is 15.3 Å². The summed E-state index contributed by atoms with van der Waals surface area (Å²) in [7, 11) is 0. The number of rotatable bonds is 8. The standard InChI is InChI=1S/C23H24N2O2S2/c26-22-14-19(15-24(22)11-10-18-6-2-1-3-7-18)23(27)25(16-20-8-4-12-28-20)17-21-9-5-13-29-21/h1-9,12-13,19H,10-11,14-17H2. The number of thiophene rings is 2. The van der Waals surface area contributed by atoms with Gasteiger partial charge in [0.05, 0.1) is 19.0 Å². The van der Waals surface area contributed by atoms with Gasteiger partial charge in [-0.3, -0.25) is 9.59 Å². The quantitative estimate of drug-likeness (QED) is 0.537. The molecule has 4 nitrogen and oxygen atoms in total. The number of nitrogens with zero attached hydrogens (tertiary/aromatic N) is 2. The molecule has 0 spiro atoms. The summed E-state index contributed by atoms with van der Waals surface area (Å²) >= 11 is 3.33. The van der Waals surface area contributed by atoms with Gasteiger partial charge >= 0.3 is 0 Å². The van der Waals surface area contributed by atoms with Gasteiger partial charge in [-0.05, 0) is 34.9 Å². The molecule has 29 heavy (non-hydrogen) atoms. The van der Waals surface area contributed by atoms with Gasteiger partial charge in [-0.15, -0.1) is 22.7 Å². The van der Waals surface area contributed by atoms with Gasteiger partial charge < -0.3 is 9.80 Å². The topological polar surface area (TPSA) is 40.6 Å². The molecule has 2 aromatic heterocycles. The minimum atomic E-state index is -0.252. The van der Waals surface area contributed by atoms with Crippen molar-refractivity contribution in [2.24, 2.45) is 5.92 Å². The zero-order valence-electron chi connectivity index (χ0n) is 16.2. The molecule has 1 fully saturated rings. The van der Waals surface area contributed by atoms with Crippen LogP contribution >= 0.6 is 22.7 Å². The molecule has 150 valence electrons. The number of carbonyl (C=O) groups is 2. The summed E-state index contributed by atoms with van der Waals surface area (Å²) < 4.78 is 0. The highest BCUT2D eigenvalue weighted by molar-refractivity contribution is 7.10. The fourth-order valence-corrected chi connectivity index (χ4v) is 5.15. The van der Waals surface area contributed by atoms with Crippen molar-refractivity contribution in [3.05, 3.63) is 80.7 Å². The van der Waals surface area contributed by atoms with E-state index in [1.54, 1.807) is 22.7 Å². The monoisotopic (exact) mass is 424 g/mol. The van der Waals surface area contributed by atoms with Crippen molar-refractivity contribution in [1.82, 2.24) is 9.80 Å². The minimum absolute atomic E-state index is 0.0855. The molecular weight excluding hydrogens is 400 g/mol. The molecule has 3 heterocycles. The normalized spacial score (nSPS) is 16.3. The van der Waals surface area contributed by atoms with E-state index in [9.17, 15) is 9.59 Å². The Bertz CT molecular complexity index is 887. The summed E-state index contributed by atoms with van der Waals surface area (Å²) in [5.74, 6) is -0.0768. The summed E-state index contributed by atoms with van der Waals surface area (Å²) in [5, 5.41) is 4.07. The lowest BCUT2D eigenvalue weighted by Crippen LogP contribution is -2.36. The summed E-state index contributed by atoms with van der Waals surface area (Å²) in [4.78, 5) is 31.9. The third-order valence-electron chi connectivity index (χ3n) is 5.24. The Kier molecular flexibility index (Phi) is 6.42. The van der Waals surface area contributed by atoms with Crippen LogP contribution < -0.4 is 0 Å². The van der Waals surface area contributed by atoms with E-state index in [0.29, 0.717) is 32.6 Å². The molecule has 1 aliphatic heterocycles. The number of amides is 2. The summed E-state index contributed by atoms with van der Waals surface area (Å²) in [5.41, 5.74) is 1.21. The first-order chi connectivity index (χ1) is 14.2. The van der Waals surface area contributed by atoms with Crippen LogP contribution in [0.1, 0.15) is 21.7 Å². The van der Waals surface area contributed by atoms with Crippen molar-refractivity contribution in [2.45, 2.75) is 25.9 Å². The Morgan fingerprint density at radius 3 is 2.21 bits per heavy atom. The van der Waals surface area contributed by atoms with Crippen molar-refractivity contribution in [3.8, 4) is 0 Å². The van der Waals surface area contributed by atoms with Gasteiger partial charge in [-0.2, -0.15) is 0 Å². The number of hydrogen-bond donors (Lipinski definition) is 0. The first-order valence-electron chi connectivity index (χ1n) is 9.84. The van der Waals surface area contributed by atoms with Gasteiger partial charge in [-0.1, -0.05) is 42.5 Å². The van der Waals surface area contributed by atoms with E-state index >= 15 is 0 Å². The predicted octanol–water partition coefficient (Wildman–Crippen LogP) is 4.43. The van der Waals surface area contributed by atoms with Crippen LogP contribution in [-0.4, -0.2) is 34.7 Å². The molecule has 3 aromatic rings. The molecule has 4 rings (SSSR count). The second-order valence-electron chi connectivity index (χ2n) is 7.33. The van der Waals surface area contributed by atoms with E-state index in [-0.39, 0.29) is 17.7 Å².